The SMILES string of the molecule is c1ccc(-c2c(C3=NN(c4ccccc4)N(c4ccccc4)N3)ccc(-c3nn[nH]n3)c2-c2ccccc2)cc1. The van der Waals surface area contributed by atoms with Gasteiger partial charge in [-0.3, -0.25) is 5.43 Å². The van der Waals surface area contributed by atoms with Crippen LogP contribution >= 0.6 is 0 Å². The van der Waals surface area contributed by atoms with Gasteiger partial charge in [0.05, 0.1) is 11.4 Å². The van der Waals surface area contributed by atoms with Crippen molar-refractivity contribution in [3.8, 4) is 33.6 Å². The number of benzene rings is 5. The van der Waals surface area contributed by atoms with E-state index >= 15 is 0 Å². The number of nitrogens with zero attached hydrogens (tertiary/aromatic N) is 6. The number of nitrogens with one attached hydrogen (secondary N) is 2. The van der Waals surface area contributed by atoms with E-state index in [4.69, 9.17) is 5.10 Å². The predicted octanol–water partition coefficient (Wildman–Crippen LogP) is 6.31. The molecule has 0 spiro atoms. The zero-order chi connectivity index (χ0) is 26.7. The molecule has 0 aliphatic carbocycles. The standard InChI is InChI=1S/C32H24N8/c1-5-13-23(14-6-1)29-27(31-33-37-38-34-31)21-22-28(30(29)24-15-7-2-8-16-24)32-35-39(25-17-9-3-10-18-25)40(36-32)26-19-11-4-12-20-26/h1-22H,(H,35,36)(H,33,34,37,38). The zero-order valence-electron chi connectivity index (χ0n) is 21.4. The lowest BCUT2D eigenvalue weighted by molar-refractivity contribution is 0.771. The summed E-state index contributed by atoms with van der Waals surface area (Å²) in [6.45, 7) is 0. The molecule has 0 unspecified atom stereocenters. The summed E-state index contributed by atoms with van der Waals surface area (Å²) < 4.78 is 0. The van der Waals surface area contributed by atoms with Gasteiger partial charge < -0.3 is 0 Å². The van der Waals surface area contributed by atoms with Crippen molar-refractivity contribution in [3.63, 3.8) is 0 Å². The summed E-state index contributed by atoms with van der Waals surface area (Å²) in [6, 6.07) is 45.0. The summed E-state index contributed by atoms with van der Waals surface area (Å²) in [6.07, 6.45) is 0. The van der Waals surface area contributed by atoms with E-state index in [1.54, 1.807) is 0 Å². The molecule has 8 nitrogen and oxygen atoms in total. The first-order valence-corrected chi connectivity index (χ1v) is 12.9. The van der Waals surface area contributed by atoms with Crippen molar-refractivity contribution in [2.24, 2.45) is 5.10 Å². The topological polar surface area (TPSA) is 85.3 Å². The maximum absolute atomic E-state index is 5.11. The number of rotatable bonds is 6. The van der Waals surface area contributed by atoms with Gasteiger partial charge in [-0.2, -0.15) is 15.4 Å². The van der Waals surface area contributed by atoms with Crippen LogP contribution in [0.2, 0.25) is 0 Å². The van der Waals surface area contributed by atoms with Crippen molar-refractivity contribution in [3.05, 3.63) is 139 Å². The summed E-state index contributed by atoms with van der Waals surface area (Å²) in [4.78, 5) is 0. The van der Waals surface area contributed by atoms with Crippen LogP contribution in [-0.4, -0.2) is 26.5 Å². The number of H-pyrrole nitrogens is 1. The van der Waals surface area contributed by atoms with Gasteiger partial charge in [0.15, 0.2) is 5.84 Å². The average molecular weight is 521 g/mol. The van der Waals surface area contributed by atoms with Gasteiger partial charge in [-0.25, -0.2) is 0 Å². The van der Waals surface area contributed by atoms with Crippen molar-refractivity contribution in [1.82, 2.24) is 26.0 Å². The molecule has 0 saturated heterocycles. The quantitative estimate of drug-likeness (QED) is 0.268. The Morgan fingerprint density at radius 3 is 1.62 bits per heavy atom. The van der Waals surface area contributed by atoms with E-state index in [-0.39, 0.29) is 0 Å². The zero-order valence-corrected chi connectivity index (χ0v) is 21.4. The van der Waals surface area contributed by atoms with Gasteiger partial charge in [-0.05, 0) is 52.7 Å². The van der Waals surface area contributed by atoms with Crippen molar-refractivity contribution in [2.75, 3.05) is 10.2 Å². The van der Waals surface area contributed by atoms with Gasteiger partial charge >= 0.3 is 0 Å². The molecule has 0 fully saturated rings. The van der Waals surface area contributed by atoms with Crippen LogP contribution in [0.15, 0.2) is 139 Å². The number of hydrazone groups is 1. The first-order chi connectivity index (χ1) is 19.9. The predicted molar refractivity (Wildman–Crippen MR) is 158 cm³/mol. The Morgan fingerprint density at radius 2 is 1.05 bits per heavy atom. The number of anilines is 2. The molecule has 192 valence electrons. The molecule has 2 heterocycles. The highest BCUT2D eigenvalue weighted by Gasteiger charge is 2.30. The lowest BCUT2D eigenvalue weighted by Crippen LogP contribution is -2.44. The third-order valence-corrected chi connectivity index (χ3v) is 6.76. The third-order valence-electron chi connectivity index (χ3n) is 6.76. The minimum absolute atomic E-state index is 0.528. The molecule has 0 amide bonds. The molecule has 6 aromatic rings. The summed E-state index contributed by atoms with van der Waals surface area (Å²) >= 11 is 0. The van der Waals surface area contributed by atoms with E-state index in [1.165, 1.54) is 0 Å². The Balaban J connectivity index is 1.47. The summed E-state index contributed by atoms with van der Waals surface area (Å²) in [7, 11) is 0. The van der Waals surface area contributed by atoms with E-state index < -0.39 is 0 Å². The molecule has 1 aliphatic heterocycles. The first-order valence-electron chi connectivity index (χ1n) is 12.9. The Kier molecular flexibility index (Phi) is 5.95. The Morgan fingerprint density at radius 1 is 0.525 bits per heavy atom. The highest BCUT2D eigenvalue weighted by Crippen LogP contribution is 2.42. The van der Waals surface area contributed by atoms with E-state index in [9.17, 15) is 0 Å². The monoisotopic (exact) mass is 520 g/mol. The average Bonchev–Trinajstić information content (AvgIpc) is 3.73. The molecule has 0 atom stereocenters. The number of aromatic amines is 1. The summed E-state index contributed by atoms with van der Waals surface area (Å²) in [5, 5.41) is 24.0. The highest BCUT2D eigenvalue weighted by molar-refractivity contribution is 6.11. The highest BCUT2D eigenvalue weighted by atomic mass is 15.9. The lowest BCUT2D eigenvalue weighted by atomic mass is 9.86. The maximum Gasteiger partial charge on any atom is 0.205 e. The normalized spacial score (nSPS) is 12.8. The molecule has 8 heteroatoms. The molecular weight excluding hydrogens is 496 g/mol. The molecule has 40 heavy (non-hydrogen) atoms. The first kappa shape index (κ1) is 23.4. The van der Waals surface area contributed by atoms with Crippen LogP contribution in [0.5, 0.6) is 0 Å². The Bertz CT molecular complexity index is 1750. The van der Waals surface area contributed by atoms with E-state index in [1.807, 2.05) is 113 Å². The van der Waals surface area contributed by atoms with Gasteiger partial charge in [0.2, 0.25) is 5.82 Å². The second-order valence-electron chi connectivity index (χ2n) is 9.21. The van der Waals surface area contributed by atoms with Crippen molar-refractivity contribution in [2.45, 2.75) is 0 Å². The molecule has 0 radical (unpaired) electrons. The number of para-hydroxylation sites is 2. The largest absolute Gasteiger partial charge is 0.259 e. The summed E-state index contributed by atoms with van der Waals surface area (Å²) in [5.74, 6) is 1.24. The van der Waals surface area contributed by atoms with Gasteiger partial charge in [-0.1, -0.05) is 97.1 Å². The fraction of sp³-hybridized carbons (Fsp3) is 0. The van der Waals surface area contributed by atoms with Gasteiger partial charge in [0.1, 0.15) is 0 Å². The Hall–Kier alpha value is -5.76. The molecule has 0 bridgehead atoms. The number of hydrazine groups is 2. The number of hydrogen-bond acceptors (Lipinski definition) is 7. The van der Waals surface area contributed by atoms with Crippen LogP contribution in [0, 0.1) is 0 Å². The third kappa shape index (κ3) is 4.23. The number of hydrogen-bond donors (Lipinski definition) is 2. The maximum atomic E-state index is 5.11. The minimum Gasteiger partial charge on any atom is -0.259 e. The second-order valence-corrected chi connectivity index (χ2v) is 9.21. The van der Waals surface area contributed by atoms with Crippen LogP contribution in [0.3, 0.4) is 0 Å². The van der Waals surface area contributed by atoms with Gasteiger partial charge in [0, 0.05) is 22.3 Å². The Labute approximate surface area is 231 Å². The lowest BCUT2D eigenvalue weighted by Gasteiger charge is -2.28. The smallest absolute Gasteiger partial charge is 0.205 e. The van der Waals surface area contributed by atoms with E-state index in [0.29, 0.717) is 11.7 Å². The molecule has 0 saturated carbocycles. The van der Waals surface area contributed by atoms with E-state index in [2.05, 4.69) is 56.4 Å². The van der Waals surface area contributed by atoms with Gasteiger partial charge in [0.25, 0.3) is 0 Å². The summed E-state index contributed by atoms with van der Waals surface area (Å²) in [5.41, 5.74) is 11.4. The number of amidine groups is 1. The van der Waals surface area contributed by atoms with Crippen molar-refractivity contribution < 1.29 is 0 Å². The molecular formula is C32H24N8. The van der Waals surface area contributed by atoms with Crippen LogP contribution in [-0.2, 0) is 0 Å². The molecule has 2 N–H and O–H groups in total. The van der Waals surface area contributed by atoms with Crippen LogP contribution in [0.1, 0.15) is 5.56 Å². The molecule has 1 aromatic heterocycles. The fourth-order valence-corrected chi connectivity index (χ4v) is 4.97. The number of aromatic nitrogens is 4. The molecule has 7 rings (SSSR count). The van der Waals surface area contributed by atoms with Crippen molar-refractivity contribution in [1.29, 1.82) is 0 Å². The molecule has 1 aliphatic rings. The second kappa shape index (κ2) is 10.2. The van der Waals surface area contributed by atoms with E-state index in [0.717, 1.165) is 44.8 Å². The van der Waals surface area contributed by atoms with Crippen LogP contribution < -0.4 is 15.7 Å². The van der Waals surface area contributed by atoms with Crippen molar-refractivity contribution >= 4 is 17.2 Å². The number of tetrazole rings is 1. The van der Waals surface area contributed by atoms with Crippen LogP contribution in [0.25, 0.3) is 33.6 Å². The van der Waals surface area contributed by atoms with Gasteiger partial charge in [-0.15, -0.1) is 15.3 Å². The fourth-order valence-electron chi connectivity index (χ4n) is 4.97. The minimum atomic E-state index is 0.528. The van der Waals surface area contributed by atoms with Crippen LogP contribution in [0.4, 0.5) is 11.4 Å². The molecule has 5 aromatic carbocycles.